The summed E-state index contributed by atoms with van der Waals surface area (Å²) in [6.07, 6.45) is 4.74. The highest BCUT2D eigenvalue weighted by Crippen LogP contribution is 2.29. The number of amides is 2. The van der Waals surface area contributed by atoms with E-state index in [0.29, 0.717) is 38.9 Å². The molecule has 0 unspecified atom stereocenters. The fourth-order valence-corrected chi connectivity index (χ4v) is 3.87. The van der Waals surface area contributed by atoms with Crippen molar-refractivity contribution < 1.29 is 14.3 Å². The number of pyridine rings is 1. The molecule has 1 spiro atoms. The number of nitrogens with zero attached hydrogens (tertiary/aromatic N) is 4. The smallest absolute Gasteiger partial charge is 0.407 e. The van der Waals surface area contributed by atoms with Gasteiger partial charge in [0.15, 0.2) is 5.65 Å². The van der Waals surface area contributed by atoms with Crippen LogP contribution in [-0.2, 0) is 23.0 Å². The maximum Gasteiger partial charge on any atom is 0.407 e. The zero-order valence-electron chi connectivity index (χ0n) is 14.9. The Hall–Kier alpha value is -2.64. The van der Waals surface area contributed by atoms with Crippen molar-refractivity contribution in [3.63, 3.8) is 0 Å². The van der Waals surface area contributed by atoms with Gasteiger partial charge in [0.05, 0.1) is 6.54 Å². The van der Waals surface area contributed by atoms with Gasteiger partial charge in [-0.3, -0.25) is 4.79 Å². The summed E-state index contributed by atoms with van der Waals surface area (Å²) in [6, 6.07) is 3.79. The Balaban J connectivity index is 1.37. The van der Waals surface area contributed by atoms with Crippen molar-refractivity contribution in [1.82, 2.24) is 24.8 Å². The molecule has 2 aliphatic rings. The molecule has 0 radical (unpaired) electrons. The van der Waals surface area contributed by atoms with Crippen LogP contribution in [0.15, 0.2) is 18.3 Å². The maximum atomic E-state index is 12.7. The second-order valence-electron chi connectivity index (χ2n) is 7.09. The first-order valence-corrected chi connectivity index (χ1v) is 9.07. The van der Waals surface area contributed by atoms with Gasteiger partial charge in [0.2, 0.25) is 5.91 Å². The minimum Gasteiger partial charge on any atom is -0.441 e. The molecule has 26 heavy (non-hydrogen) atoms. The van der Waals surface area contributed by atoms with Crippen LogP contribution in [0.25, 0.3) is 11.2 Å². The van der Waals surface area contributed by atoms with E-state index in [9.17, 15) is 9.59 Å². The van der Waals surface area contributed by atoms with E-state index < -0.39 is 5.60 Å². The molecule has 2 aromatic rings. The van der Waals surface area contributed by atoms with Gasteiger partial charge in [0.1, 0.15) is 16.9 Å². The molecule has 1 N–H and O–H groups in total. The van der Waals surface area contributed by atoms with Gasteiger partial charge >= 0.3 is 6.09 Å². The summed E-state index contributed by atoms with van der Waals surface area (Å²) >= 11 is 0. The summed E-state index contributed by atoms with van der Waals surface area (Å²) in [7, 11) is 1.93. The van der Waals surface area contributed by atoms with Crippen molar-refractivity contribution >= 4 is 23.2 Å². The number of fused-ring (bicyclic) bond motifs is 1. The zero-order chi connectivity index (χ0) is 18.1. The summed E-state index contributed by atoms with van der Waals surface area (Å²) in [5.41, 5.74) is 1.25. The maximum absolute atomic E-state index is 12.7. The lowest BCUT2D eigenvalue weighted by Gasteiger charge is -2.25. The third kappa shape index (κ3) is 3.11. The van der Waals surface area contributed by atoms with E-state index in [4.69, 9.17) is 4.74 Å². The van der Waals surface area contributed by atoms with Crippen molar-refractivity contribution in [3.8, 4) is 0 Å². The van der Waals surface area contributed by atoms with Crippen molar-refractivity contribution in [2.45, 2.75) is 37.7 Å². The molecule has 1 atom stereocenters. The highest BCUT2D eigenvalue weighted by atomic mass is 16.6. The summed E-state index contributed by atoms with van der Waals surface area (Å²) in [5.74, 6) is 0.992. The van der Waals surface area contributed by atoms with Gasteiger partial charge in [-0.25, -0.2) is 14.8 Å². The molecule has 2 aromatic heterocycles. The van der Waals surface area contributed by atoms with E-state index in [-0.39, 0.29) is 12.0 Å². The molecular weight excluding hydrogens is 334 g/mol. The van der Waals surface area contributed by atoms with E-state index in [1.807, 2.05) is 28.6 Å². The van der Waals surface area contributed by atoms with Crippen molar-refractivity contribution in [1.29, 1.82) is 0 Å². The number of rotatable bonds is 3. The van der Waals surface area contributed by atoms with Crippen LogP contribution in [0.4, 0.5) is 4.79 Å². The van der Waals surface area contributed by atoms with Gasteiger partial charge < -0.3 is 19.5 Å². The molecule has 4 heterocycles. The van der Waals surface area contributed by atoms with Gasteiger partial charge in [0.25, 0.3) is 0 Å². The minimum absolute atomic E-state index is 0.124. The average molecular weight is 357 g/mol. The fourth-order valence-electron chi connectivity index (χ4n) is 3.87. The molecule has 0 aliphatic carbocycles. The van der Waals surface area contributed by atoms with Gasteiger partial charge in [0, 0.05) is 45.6 Å². The highest BCUT2D eigenvalue weighted by molar-refractivity contribution is 5.77. The molecule has 2 fully saturated rings. The molecule has 4 rings (SSSR count). The quantitative estimate of drug-likeness (QED) is 0.897. The number of nitrogens with one attached hydrogen (secondary N) is 1. The summed E-state index contributed by atoms with van der Waals surface area (Å²) in [4.78, 5) is 34.9. The molecule has 138 valence electrons. The average Bonchev–Trinajstić information content (AvgIpc) is 3.07. The Morgan fingerprint density at radius 3 is 3.04 bits per heavy atom. The van der Waals surface area contributed by atoms with Crippen LogP contribution < -0.4 is 5.32 Å². The lowest BCUT2D eigenvalue weighted by Crippen LogP contribution is -2.36. The second kappa shape index (κ2) is 6.59. The number of likely N-dealkylation sites (tertiary alicyclic amines) is 1. The molecule has 2 saturated heterocycles. The lowest BCUT2D eigenvalue weighted by molar-refractivity contribution is -0.131. The number of carbonyl (C=O) groups is 2. The Morgan fingerprint density at radius 1 is 1.38 bits per heavy atom. The lowest BCUT2D eigenvalue weighted by atomic mass is 9.95. The van der Waals surface area contributed by atoms with Crippen molar-refractivity contribution in [2.75, 3.05) is 19.6 Å². The highest BCUT2D eigenvalue weighted by Gasteiger charge is 2.41. The number of hydrogen-bond donors (Lipinski definition) is 1. The van der Waals surface area contributed by atoms with Crippen LogP contribution in [-0.4, -0.2) is 56.7 Å². The standard InChI is InChI=1S/C18H23N5O3/c1-22-14(21-13-4-2-9-19-16(13)22)5-6-15(24)23-10-3-7-18(8-11-23)12-20-17(25)26-18/h2,4,9H,3,5-8,10-12H2,1H3,(H,20,25)/t18-/m0/s1. The van der Waals surface area contributed by atoms with Gasteiger partial charge in [-0.2, -0.15) is 0 Å². The zero-order valence-corrected chi connectivity index (χ0v) is 14.9. The molecule has 2 amide bonds. The van der Waals surface area contributed by atoms with Crippen molar-refractivity contribution in [3.05, 3.63) is 24.2 Å². The number of ether oxygens (including phenoxy) is 1. The van der Waals surface area contributed by atoms with Gasteiger partial charge in [-0.15, -0.1) is 0 Å². The van der Waals surface area contributed by atoms with E-state index in [1.54, 1.807) is 6.20 Å². The predicted molar refractivity (Wildman–Crippen MR) is 94.5 cm³/mol. The number of hydrogen-bond acceptors (Lipinski definition) is 5. The van der Waals surface area contributed by atoms with Crippen LogP contribution in [0, 0.1) is 0 Å². The third-order valence-corrected chi connectivity index (χ3v) is 5.40. The SMILES string of the molecule is Cn1c(CCC(=O)N2CCC[C@]3(CC2)CNC(=O)O3)nc2cccnc21. The van der Waals surface area contributed by atoms with E-state index in [2.05, 4.69) is 15.3 Å². The van der Waals surface area contributed by atoms with E-state index >= 15 is 0 Å². The molecule has 0 aromatic carbocycles. The first kappa shape index (κ1) is 16.8. The largest absolute Gasteiger partial charge is 0.441 e. The normalized spacial score (nSPS) is 23.1. The molecular formula is C18H23N5O3. The number of carbonyl (C=O) groups excluding carboxylic acids is 2. The molecule has 0 saturated carbocycles. The monoisotopic (exact) mass is 357 g/mol. The minimum atomic E-state index is -0.435. The van der Waals surface area contributed by atoms with Crippen LogP contribution in [0.2, 0.25) is 0 Å². The van der Waals surface area contributed by atoms with E-state index in [1.165, 1.54) is 0 Å². The van der Waals surface area contributed by atoms with Crippen LogP contribution in [0.5, 0.6) is 0 Å². The molecule has 2 aliphatic heterocycles. The molecule has 8 nitrogen and oxygen atoms in total. The number of imidazole rings is 1. The molecule has 0 bridgehead atoms. The van der Waals surface area contributed by atoms with Crippen LogP contribution >= 0.6 is 0 Å². The van der Waals surface area contributed by atoms with Gasteiger partial charge in [-0.1, -0.05) is 0 Å². The summed E-state index contributed by atoms with van der Waals surface area (Å²) < 4.78 is 7.42. The van der Waals surface area contributed by atoms with Crippen molar-refractivity contribution in [2.24, 2.45) is 7.05 Å². The van der Waals surface area contributed by atoms with Crippen LogP contribution in [0.1, 0.15) is 31.5 Å². The van der Waals surface area contributed by atoms with Crippen LogP contribution in [0.3, 0.4) is 0 Å². The third-order valence-electron chi connectivity index (χ3n) is 5.40. The number of aromatic nitrogens is 3. The molecule has 8 heteroatoms. The Kier molecular flexibility index (Phi) is 4.26. The second-order valence-corrected chi connectivity index (χ2v) is 7.09. The fraction of sp³-hybridized carbons (Fsp3) is 0.556. The van der Waals surface area contributed by atoms with Gasteiger partial charge in [-0.05, 0) is 25.0 Å². The summed E-state index contributed by atoms with van der Waals surface area (Å²) in [6.45, 7) is 1.88. The Labute approximate surface area is 151 Å². The first-order valence-electron chi connectivity index (χ1n) is 9.07. The Bertz CT molecular complexity index is 848. The van der Waals surface area contributed by atoms with E-state index in [0.717, 1.165) is 29.8 Å². The number of alkyl carbamates (subject to hydrolysis) is 1. The topological polar surface area (TPSA) is 89.4 Å². The predicted octanol–water partition coefficient (Wildman–Crippen LogP) is 1.39. The first-order chi connectivity index (χ1) is 12.6. The summed E-state index contributed by atoms with van der Waals surface area (Å²) in [5, 5.41) is 2.74. The number of aryl methyl sites for hydroxylation is 2. The Morgan fingerprint density at radius 2 is 2.27 bits per heavy atom.